The summed E-state index contributed by atoms with van der Waals surface area (Å²) in [6, 6.07) is 7.72. The zero-order chi connectivity index (χ0) is 14.8. The molecule has 0 N–H and O–H groups in total. The smallest absolute Gasteiger partial charge is 0.254 e. The van der Waals surface area contributed by atoms with Gasteiger partial charge in [-0.25, -0.2) is 0 Å². The van der Waals surface area contributed by atoms with Gasteiger partial charge in [-0.05, 0) is 55.9 Å². The number of carbonyl (C=O) groups is 1. The van der Waals surface area contributed by atoms with Crippen molar-refractivity contribution in [2.75, 3.05) is 12.8 Å². The lowest BCUT2D eigenvalue weighted by atomic mass is 9.78. The summed E-state index contributed by atoms with van der Waals surface area (Å²) in [6.07, 6.45) is 9.08. The van der Waals surface area contributed by atoms with Gasteiger partial charge in [-0.1, -0.05) is 12.8 Å². The molecule has 1 aliphatic carbocycles. The van der Waals surface area contributed by atoms with E-state index in [1.165, 1.54) is 25.7 Å². The fourth-order valence-electron chi connectivity index (χ4n) is 3.83. The van der Waals surface area contributed by atoms with Crippen LogP contribution < -0.4 is 0 Å². The standard InChI is InChI=1S/C17H23NO2S/c1-21(20)15-10-8-14(9-11-15)17(19)18-12-4-6-13-5-2-3-7-16(13)18/h8-11,13,16H,2-7,12H2,1H3. The number of rotatable bonds is 2. The Kier molecular flexibility index (Phi) is 4.43. The third-order valence-corrected chi connectivity index (χ3v) is 5.87. The minimum Gasteiger partial charge on any atom is -0.335 e. The Hall–Kier alpha value is -1.16. The highest BCUT2D eigenvalue weighted by molar-refractivity contribution is 7.84. The fourth-order valence-corrected chi connectivity index (χ4v) is 4.35. The Morgan fingerprint density at radius 1 is 1.10 bits per heavy atom. The van der Waals surface area contributed by atoms with Gasteiger partial charge in [0.05, 0.1) is 0 Å². The van der Waals surface area contributed by atoms with Gasteiger partial charge in [0.2, 0.25) is 0 Å². The second-order valence-corrected chi connectivity index (χ2v) is 7.61. The van der Waals surface area contributed by atoms with Gasteiger partial charge in [0.1, 0.15) is 0 Å². The van der Waals surface area contributed by atoms with Crippen molar-refractivity contribution in [1.29, 1.82) is 0 Å². The minimum absolute atomic E-state index is 0.153. The number of hydrogen-bond donors (Lipinski definition) is 0. The highest BCUT2D eigenvalue weighted by atomic mass is 32.2. The second-order valence-electron chi connectivity index (χ2n) is 6.23. The summed E-state index contributed by atoms with van der Waals surface area (Å²) >= 11 is 0. The number of benzene rings is 1. The molecular weight excluding hydrogens is 282 g/mol. The number of piperidine rings is 1. The molecule has 0 aromatic heterocycles. The highest BCUT2D eigenvalue weighted by Gasteiger charge is 2.35. The molecule has 3 atom stereocenters. The van der Waals surface area contributed by atoms with Crippen molar-refractivity contribution < 1.29 is 9.00 Å². The van der Waals surface area contributed by atoms with E-state index in [1.807, 2.05) is 24.3 Å². The van der Waals surface area contributed by atoms with Crippen LogP contribution in [0.25, 0.3) is 0 Å². The van der Waals surface area contributed by atoms with Crippen LogP contribution in [0.4, 0.5) is 0 Å². The second kappa shape index (κ2) is 6.30. The summed E-state index contributed by atoms with van der Waals surface area (Å²) in [5.41, 5.74) is 0.732. The molecule has 1 amide bonds. The van der Waals surface area contributed by atoms with Gasteiger partial charge in [0.15, 0.2) is 0 Å². The van der Waals surface area contributed by atoms with Gasteiger partial charge < -0.3 is 4.90 Å². The lowest BCUT2D eigenvalue weighted by Gasteiger charge is -2.44. The quantitative estimate of drug-likeness (QED) is 0.841. The number of carbonyl (C=O) groups excluding carboxylic acids is 1. The van der Waals surface area contributed by atoms with Crippen molar-refractivity contribution in [1.82, 2.24) is 4.90 Å². The van der Waals surface area contributed by atoms with Gasteiger partial charge in [-0.2, -0.15) is 0 Å². The summed E-state index contributed by atoms with van der Waals surface area (Å²) in [5.74, 6) is 0.860. The van der Waals surface area contributed by atoms with E-state index in [1.54, 1.807) is 6.26 Å². The highest BCUT2D eigenvalue weighted by Crippen LogP contribution is 2.35. The van der Waals surface area contributed by atoms with Crippen molar-refractivity contribution in [2.45, 2.75) is 49.5 Å². The summed E-state index contributed by atoms with van der Waals surface area (Å²) < 4.78 is 11.4. The molecule has 3 unspecified atom stereocenters. The van der Waals surface area contributed by atoms with Crippen LogP contribution in [0, 0.1) is 5.92 Å². The SMILES string of the molecule is CS(=O)c1ccc(C(=O)N2CCCC3CCCCC32)cc1. The van der Waals surface area contributed by atoms with E-state index < -0.39 is 10.8 Å². The largest absolute Gasteiger partial charge is 0.335 e. The van der Waals surface area contributed by atoms with Gasteiger partial charge in [0, 0.05) is 40.1 Å². The lowest BCUT2D eigenvalue weighted by Crippen LogP contribution is -2.49. The molecule has 2 fully saturated rings. The Morgan fingerprint density at radius 3 is 2.48 bits per heavy atom. The van der Waals surface area contributed by atoms with E-state index >= 15 is 0 Å². The third-order valence-electron chi connectivity index (χ3n) is 4.94. The van der Waals surface area contributed by atoms with E-state index in [-0.39, 0.29) is 5.91 Å². The average Bonchev–Trinajstić information content (AvgIpc) is 2.53. The number of hydrogen-bond acceptors (Lipinski definition) is 2. The van der Waals surface area contributed by atoms with Gasteiger partial charge >= 0.3 is 0 Å². The van der Waals surface area contributed by atoms with Gasteiger partial charge in [-0.3, -0.25) is 9.00 Å². The monoisotopic (exact) mass is 305 g/mol. The molecule has 1 heterocycles. The number of nitrogens with zero attached hydrogens (tertiary/aromatic N) is 1. The zero-order valence-electron chi connectivity index (χ0n) is 12.6. The first-order chi connectivity index (χ1) is 10.2. The molecule has 1 saturated heterocycles. The summed E-state index contributed by atoms with van der Waals surface area (Å²) in [6.45, 7) is 0.890. The molecule has 0 spiro atoms. The molecule has 1 aliphatic heterocycles. The van der Waals surface area contributed by atoms with Gasteiger partial charge in [-0.15, -0.1) is 0 Å². The predicted molar refractivity (Wildman–Crippen MR) is 84.8 cm³/mol. The van der Waals surface area contributed by atoms with Crippen LogP contribution in [0.5, 0.6) is 0 Å². The maximum absolute atomic E-state index is 12.8. The van der Waals surface area contributed by atoms with E-state index in [2.05, 4.69) is 4.90 Å². The molecule has 1 aromatic carbocycles. The zero-order valence-corrected chi connectivity index (χ0v) is 13.4. The van der Waals surface area contributed by atoms with Crippen LogP contribution in [0.1, 0.15) is 48.9 Å². The molecule has 1 saturated carbocycles. The maximum Gasteiger partial charge on any atom is 0.254 e. The predicted octanol–water partition coefficient (Wildman–Crippen LogP) is 3.22. The molecule has 1 aromatic rings. The van der Waals surface area contributed by atoms with E-state index in [0.29, 0.717) is 12.0 Å². The number of fused-ring (bicyclic) bond motifs is 1. The van der Waals surface area contributed by atoms with Crippen LogP contribution in [-0.2, 0) is 10.8 Å². The maximum atomic E-state index is 12.8. The number of likely N-dealkylation sites (tertiary alicyclic amines) is 1. The molecule has 3 nitrogen and oxygen atoms in total. The first-order valence-corrected chi connectivity index (χ1v) is 9.47. The van der Waals surface area contributed by atoms with Crippen molar-refractivity contribution >= 4 is 16.7 Å². The van der Waals surface area contributed by atoms with Crippen LogP contribution in [0.3, 0.4) is 0 Å². The van der Waals surface area contributed by atoms with Crippen LogP contribution in [0.15, 0.2) is 29.2 Å². The molecule has 2 aliphatic rings. The van der Waals surface area contributed by atoms with Gasteiger partial charge in [0.25, 0.3) is 5.91 Å². The Bertz CT molecular complexity index is 538. The van der Waals surface area contributed by atoms with E-state index in [9.17, 15) is 9.00 Å². The Morgan fingerprint density at radius 2 is 1.76 bits per heavy atom. The molecule has 0 bridgehead atoms. The van der Waals surface area contributed by atoms with Crippen LogP contribution in [0.2, 0.25) is 0 Å². The first kappa shape index (κ1) is 14.8. The number of amides is 1. The topological polar surface area (TPSA) is 37.4 Å². The van der Waals surface area contributed by atoms with Crippen molar-refractivity contribution in [3.8, 4) is 0 Å². The normalized spacial score (nSPS) is 27.0. The summed E-state index contributed by atoms with van der Waals surface area (Å²) in [4.78, 5) is 15.7. The summed E-state index contributed by atoms with van der Waals surface area (Å²) in [7, 11) is -0.987. The lowest BCUT2D eigenvalue weighted by molar-refractivity contribution is 0.0390. The average molecular weight is 305 g/mol. The molecule has 114 valence electrons. The van der Waals surface area contributed by atoms with Crippen molar-refractivity contribution in [3.05, 3.63) is 29.8 Å². The Balaban J connectivity index is 1.78. The fraction of sp³-hybridized carbons (Fsp3) is 0.588. The van der Waals surface area contributed by atoms with E-state index in [0.717, 1.165) is 29.8 Å². The van der Waals surface area contributed by atoms with Crippen LogP contribution >= 0.6 is 0 Å². The van der Waals surface area contributed by atoms with Crippen LogP contribution in [-0.4, -0.2) is 33.9 Å². The molecule has 4 heteroatoms. The molecule has 3 rings (SSSR count). The molecular formula is C17H23NO2S. The minimum atomic E-state index is -0.987. The van der Waals surface area contributed by atoms with Crippen molar-refractivity contribution in [3.63, 3.8) is 0 Å². The molecule has 21 heavy (non-hydrogen) atoms. The molecule has 0 radical (unpaired) electrons. The third kappa shape index (κ3) is 3.05. The first-order valence-electron chi connectivity index (χ1n) is 7.91. The Labute approximate surface area is 129 Å². The summed E-state index contributed by atoms with van der Waals surface area (Å²) in [5, 5.41) is 0. The van der Waals surface area contributed by atoms with E-state index in [4.69, 9.17) is 0 Å². The van der Waals surface area contributed by atoms with Crippen molar-refractivity contribution in [2.24, 2.45) is 5.92 Å².